The molecule has 4 heterocycles. The molecule has 4 saturated heterocycles. The molecule has 146 valence electrons. The van der Waals surface area contributed by atoms with Crippen molar-refractivity contribution in [3.63, 3.8) is 0 Å². The number of aryl methyl sites for hydroxylation is 1. The highest BCUT2D eigenvalue weighted by Crippen LogP contribution is 2.46. The van der Waals surface area contributed by atoms with Crippen molar-refractivity contribution >= 4 is 11.9 Å². The van der Waals surface area contributed by atoms with Crippen LogP contribution in [0.2, 0.25) is 0 Å². The summed E-state index contributed by atoms with van der Waals surface area (Å²) >= 11 is 0. The maximum Gasteiger partial charge on any atom is 0.317 e. The number of nitrogens with one attached hydrogen (secondary N) is 1. The van der Waals surface area contributed by atoms with Gasteiger partial charge in [-0.25, -0.2) is 4.79 Å². The van der Waals surface area contributed by atoms with Crippen LogP contribution in [0.5, 0.6) is 0 Å². The van der Waals surface area contributed by atoms with E-state index in [2.05, 4.69) is 46.3 Å². The first-order chi connectivity index (χ1) is 13.0. The molecule has 1 N–H and O–H groups in total. The second-order valence-corrected chi connectivity index (χ2v) is 8.47. The fourth-order valence-electron chi connectivity index (χ4n) is 5.22. The average molecular weight is 370 g/mol. The van der Waals surface area contributed by atoms with Gasteiger partial charge < -0.3 is 15.1 Å². The van der Waals surface area contributed by atoms with Crippen molar-refractivity contribution in [1.82, 2.24) is 20.0 Å². The van der Waals surface area contributed by atoms with E-state index in [1.54, 1.807) is 14.1 Å². The van der Waals surface area contributed by atoms with E-state index in [1.807, 2.05) is 0 Å². The van der Waals surface area contributed by atoms with E-state index < -0.39 is 0 Å². The molecule has 2 bridgehead atoms. The summed E-state index contributed by atoms with van der Waals surface area (Å²) < 4.78 is 0. The highest BCUT2D eigenvalue weighted by atomic mass is 16.2. The molecular formula is C21H30N4O2. The molecule has 1 aromatic carbocycles. The minimum atomic E-state index is -0.219. The van der Waals surface area contributed by atoms with Crippen LogP contribution in [0, 0.1) is 12.8 Å². The van der Waals surface area contributed by atoms with Crippen LogP contribution >= 0.6 is 0 Å². The Labute approximate surface area is 161 Å². The first kappa shape index (κ1) is 18.3. The van der Waals surface area contributed by atoms with Gasteiger partial charge in [0.1, 0.15) is 0 Å². The van der Waals surface area contributed by atoms with Crippen molar-refractivity contribution in [2.75, 3.05) is 40.3 Å². The zero-order valence-electron chi connectivity index (χ0n) is 16.5. The van der Waals surface area contributed by atoms with E-state index in [4.69, 9.17) is 0 Å². The molecule has 1 aromatic rings. The molecule has 0 saturated carbocycles. The lowest BCUT2D eigenvalue weighted by molar-refractivity contribution is -0.134. The molecule has 3 amide bonds. The largest absolute Gasteiger partial charge is 0.336 e. The lowest BCUT2D eigenvalue weighted by Gasteiger charge is -2.51. The Kier molecular flexibility index (Phi) is 4.84. The van der Waals surface area contributed by atoms with Crippen LogP contribution in [-0.2, 0) is 4.79 Å². The SMILES string of the molecule is Cc1ccc([C@@H]2CN(C(=O)CNC(=O)N(C)C)[C@@H]3C4CCN(CC4)[C@@H]32)cc1. The van der Waals surface area contributed by atoms with Gasteiger partial charge in [-0.05, 0) is 44.3 Å². The summed E-state index contributed by atoms with van der Waals surface area (Å²) in [6.07, 6.45) is 2.35. The smallest absolute Gasteiger partial charge is 0.317 e. The molecule has 0 radical (unpaired) electrons. The third kappa shape index (κ3) is 3.31. The van der Waals surface area contributed by atoms with Crippen molar-refractivity contribution in [2.24, 2.45) is 5.92 Å². The van der Waals surface area contributed by atoms with Crippen molar-refractivity contribution in [2.45, 2.75) is 37.8 Å². The summed E-state index contributed by atoms with van der Waals surface area (Å²) in [5, 5.41) is 2.74. The predicted molar refractivity (Wildman–Crippen MR) is 105 cm³/mol. The Morgan fingerprint density at radius 1 is 1.11 bits per heavy atom. The van der Waals surface area contributed by atoms with Crippen molar-refractivity contribution < 1.29 is 9.59 Å². The van der Waals surface area contributed by atoms with Gasteiger partial charge in [-0.3, -0.25) is 9.69 Å². The van der Waals surface area contributed by atoms with E-state index in [0.29, 0.717) is 17.9 Å². The van der Waals surface area contributed by atoms with Crippen LogP contribution in [0.15, 0.2) is 24.3 Å². The van der Waals surface area contributed by atoms with Gasteiger partial charge in [0.2, 0.25) is 5.91 Å². The van der Waals surface area contributed by atoms with Crippen LogP contribution in [0.3, 0.4) is 0 Å². The van der Waals surface area contributed by atoms with Gasteiger partial charge >= 0.3 is 6.03 Å². The number of urea groups is 1. The predicted octanol–water partition coefficient (Wildman–Crippen LogP) is 1.65. The molecular weight excluding hydrogens is 340 g/mol. The topological polar surface area (TPSA) is 55.9 Å². The highest BCUT2D eigenvalue weighted by molar-refractivity contribution is 5.84. The zero-order chi connectivity index (χ0) is 19.1. The van der Waals surface area contributed by atoms with Gasteiger partial charge in [0.15, 0.2) is 0 Å². The first-order valence-corrected chi connectivity index (χ1v) is 10.0. The lowest BCUT2D eigenvalue weighted by atomic mass is 9.75. The van der Waals surface area contributed by atoms with Crippen LogP contribution < -0.4 is 5.32 Å². The van der Waals surface area contributed by atoms with Crippen LogP contribution in [0.1, 0.15) is 29.9 Å². The highest BCUT2D eigenvalue weighted by Gasteiger charge is 2.54. The van der Waals surface area contributed by atoms with Gasteiger partial charge in [-0.2, -0.15) is 0 Å². The fraction of sp³-hybridized carbons (Fsp3) is 0.619. The quantitative estimate of drug-likeness (QED) is 0.880. The second kappa shape index (κ2) is 7.15. The molecule has 4 fully saturated rings. The summed E-state index contributed by atoms with van der Waals surface area (Å²) in [5.41, 5.74) is 2.59. The molecule has 4 aliphatic rings. The molecule has 0 aromatic heterocycles. The number of carbonyl (C=O) groups is 2. The standard InChI is InChI=1S/C21H30N4O2/c1-14-4-6-15(7-5-14)17-13-25(18(26)12-22-21(27)23(2)3)19-16-8-10-24(11-9-16)20(17)19/h4-7,16-17,19-20H,8-13H2,1-3H3,(H,22,27)/t17-,19+,20+/m0/s1. The maximum atomic E-state index is 13.0. The maximum absolute atomic E-state index is 13.0. The van der Waals surface area contributed by atoms with E-state index >= 15 is 0 Å². The first-order valence-electron chi connectivity index (χ1n) is 10.0. The number of fused-ring (bicyclic) bond motifs is 2. The van der Waals surface area contributed by atoms with E-state index in [1.165, 1.54) is 28.9 Å². The molecule has 0 aliphatic carbocycles. The minimum absolute atomic E-state index is 0.0450. The third-order valence-corrected chi connectivity index (χ3v) is 6.62. The normalized spacial score (nSPS) is 31.5. The van der Waals surface area contributed by atoms with Gasteiger partial charge in [-0.15, -0.1) is 0 Å². The third-order valence-electron chi connectivity index (χ3n) is 6.62. The summed E-state index contributed by atoms with van der Waals surface area (Å²) in [4.78, 5) is 31.0. The van der Waals surface area contributed by atoms with E-state index in [-0.39, 0.29) is 24.5 Å². The number of rotatable bonds is 3. The summed E-state index contributed by atoms with van der Waals surface area (Å²) in [5.74, 6) is 0.986. The zero-order valence-corrected chi connectivity index (χ0v) is 16.5. The Morgan fingerprint density at radius 2 is 1.78 bits per heavy atom. The Morgan fingerprint density at radius 3 is 2.41 bits per heavy atom. The van der Waals surface area contributed by atoms with Gasteiger partial charge in [0.25, 0.3) is 0 Å². The Hall–Kier alpha value is -2.08. The number of hydrogen-bond donors (Lipinski definition) is 1. The van der Waals surface area contributed by atoms with Gasteiger partial charge in [0, 0.05) is 32.6 Å². The average Bonchev–Trinajstić information content (AvgIpc) is 3.10. The minimum Gasteiger partial charge on any atom is -0.336 e. The number of carbonyl (C=O) groups excluding carboxylic acids is 2. The monoisotopic (exact) mass is 370 g/mol. The molecule has 3 atom stereocenters. The van der Waals surface area contributed by atoms with Gasteiger partial charge in [0.05, 0.1) is 12.6 Å². The van der Waals surface area contributed by atoms with Crippen LogP contribution in [-0.4, -0.2) is 79.0 Å². The fourth-order valence-corrected chi connectivity index (χ4v) is 5.22. The molecule has 6 heteroatoms. The summed E-state index contributed by atoms with van der Waals surface area (Å²) in [6.45, 7) is 5.23. The number of benzene rings is 1. The van der Waals surface area contributed by atoms with Crippen molar-refractivity contribution in [3.05, 3.63) is 35.4 Å². The number of amides is 3. The summed E-state index contributed by atoms with van der Waals surface area (Å²) in [6, 6.07) is 9.26. The molecule has 0 spiro atoms. The van der Waals surface area contributed by atoms with Crippen LogP contribution in [0.25, 0.3) is 0 Å². The van der Waals surface area contributed by atoms with E-state index in [0.717, 1.165) is 19.6 Å². The molecule has 0 unspecified atom stereocenters. The van der Waals surface area contributed by atoms with Crippen molar-refractivity contribution in [1.29, 1.82) is 0 Å². The molecule has 4 aliphatic heterocycles. The Balaban J connectivity index is 1.56. The molecule has 5 rings (SSSR count). The van der Waals surface area contributed by atoms with E-state index in [9.17, 15) is 9.59 Å². The van der Waals surface area contributed by atoms with Gasteiger partial charge in [-0.1, -0.05) is 29.8 Å². The molecule has 27 heavy (non-hydrogen) atoms. The summed E-state index contributed by atoms with van der Waals surface area (Å²) in [7, 11) is 3.37. The molecule has 6 nitrogen and oxygen atoms in total. The number of hydrogen-bond acceptors (Lipinski definition) is 3. The number of nitrogens with zero attached hydrogens (tertiary/aromatic N) is 3. The Bertz CT molecular complexity index is 709. The lowest BCUT2D eigenvalue weighted by Crippen LogP contribution is -2.61. The number of piperidine rings is 3. The van der Waals surface area contributed by atoms with Crippen LogP contribution in [0.4, 0.5) is 4.79 Å². The van der Waals surface area contributed by atoms with Crippen molar-refractivity contribution in [3.8, 4) is 0 Å². The second-order valence-electron chi connectivity index (χ2n) is 8.47. The number of likely N-dealkylation sites (tertiary alicyclic amines) is 1.